The van der Waals surface area contributed by atoms with Crippen LogP contribution in [0.2, 0.25) is 0 Å². The molecule has 2 N–H and O–H groups in total. The predicted molar refractivity (Wildman–Crippen MR) is 82.6 cm³/mol. The van der Waals surface area contributed by atoms with Crippen LogP contribution in [0.5, 0.6) is 0 Å². The highest BCUT2D eigenvalue weighted by molar-refractivity contribution is 5.76. The van der Waals surface area contributed by atoms with Gasteiger partial charge in [-0.1, -0.05) is 5.16 Å². The van der Waals surface area contributed by atoms with E-state index in [9.17, 15) is 4.79 Å². The fourth-order valence-corrected chi connectivity index (χ4v) is 2.46. The molecule has 0 bridgehead atoms. The van der Waals surface area contributed by atoms with Crippen LogP contribution >= 0.6 is 0 Å². The van der Waals surface area contributed by atoms with E-state index in [1.54, 1.807) is 18.6 Å². The molecule has 0 radical (unpaired) electrons. The zero-order chi connectivity index (χ0) is 15.9. The number of aromatic nitrogens is 2. The summed E-state index contributed by atoms with van der Waals surface area (Å²) in [5, 5.41) is 10.1. The lowest BCUT2D eigenvalue weighted by Crippen LogP contribution is -2.46. The number of nitrogens with one attached hydrogen (secondary N) is 2. The second-order valence-corrected chi connectivity index (χ2v) is 5.47. The second-order valence-electron chi connectivity index (χ2n) is 5.47. The van der Waals surface area contributed by atoms with Gasteiger partial charge in [-0.3, -0.25) is 9.69 Å². The molecule has 0 aromatic carbocycles. The van der Waals surface area contributed by atoms with Crippen LogP contribution in [0.15, 0.2) is 27.5 Å². The summed E-state index contributed by atoms with van der Waals surface area (Å²) in [6.07, 6.45) is 3.88. The molecule has 2 aromatic heterocycles. The number of furan rings is 1. The SMILES string of the molecule is O=C(CCc1nc(-c2ccoc2)no1)NCCN1CCNCC1. The van der Waals surface area contributed by atoms with Crippen LogP contribution in [0.25, 0.3) is 11.4 Å². The van der Waals surface area contributed by atoms with Crippen LogP contribution in [-0.2, 0) is 11.2 Å². The highest BCUT2D eigenvalue weighted by Gasteiger charge is 2.12. The molecule has 1 aliphatic rings. The maximum atomic E-state index is 11.8. The number of aryl methyl sites for hydroxylation is 1. The first-order chi connectivity index (χ1) is 11.3. The Labute approximate surface area is 134 Å². The van der Waals surface area contributed by atoms with Gasteiger partial charge in [0.15, 0.2) is 0 Å². The van der Waals surface area contributed by atoms with E-state index in [0.29, 0.717) is 31.1 Å². The molecule has 8 heteroatoms. The average molecular weight is 319 g/mol. The van der Waals surface area contributed by atoms with Crippen molar-refractivity contribution in [1.29, 1.82) is 0 Å². The predicted octanol–water partition coefficient (Wildman–Crippen LogP) is 0.284. The van der Waals surface area contributed by atoms with Gasteiger partial charge in [-0.15, -0.1) is 0 Å². The summed E-state index contributed by atoms with van der Waals surface area (Å²) < 4.78 is 10.1. The summed E-state index contributed by atoms with van der Waals surface area (Å²) in [7, 11) is 0. The third-order valence-corrected chi connectivity index (χ3v) is 3.77. The van der Waals surface area contributed by atoms with Gasteiger partial charge in [-0.2, -0.15) is 4.98 Å². The molecule has 0 saturated carbocycles. The van der Waals surface area contributed by atoms with Crippen molar-refractivity contribution in [1.82, 2.24) is 25.7 Å². The summed E-state index contributed by atoms with van der Waals surface area (Å²) >= 11 is 0. The van der Waals surface area contributed by atoms with Crippen molar-refractivity contribution in [3.8, 4) is 11.4 Å². The summed E-state index contributed by atoms with van der Waals surface area (Å²) in [6, 6.07) is 1.76. The van der Waals surface area contributed by atoms with Crippen molar-refractivity contribution in [2.24, 2.45) is 0 Å². The molecule has 3 heterocycles. The quantitative estimate of drug-likeness (QED) is 0.757. The fourth-order valence-electron chi connectivity index (χ4n) is 2.46. The number of rotatable bonds is 7. The largest absolute Gasteiger partial charge is 0.472 e. The third-order valence-electron chi connectivity index (χ3n) is 3.77. The molecule has 2 aromatic rings. The van der Waals surface area contributed by atoms with Crippen molar-refractivity contribution in [3.05, 3.63) is 24.5 Å². The number of amides is 1. The Bertz CT molecular complexity index is 604. The van der Waals surface area contributed by atoms with Crippen LogP contribution in [0.4, 0.5) is 0 Å². The van der Waals surface area contributed by atoms with Gasteiger partial charge in [-0.25, -0.2) is 0 Å². The Morgan fingerprint density at radius 3 is 3.04 bits per heavy atom. The molecule has 8 nitrogen and oxygen atoms in total. The smallest absolute Gasteiger partial charge is 0.227 e. The van der Waals surface area contributed by atoms with Gasteiger partial charge >= 0.3 is 0 Å². The summed E-state index contributed by atoms with van der Waals surface area (Å²) in [5.41, 5.74) is 0.764. The number of carbonyl (C=O) groups excluding carboxylic acids is 1. The lowest BCUT2D eigenvalue weighted by atomic mass is 10.3. The Kier molecular flexibility index (Phi) is 5.38. The molecule has 1 saturated heterocycles. The van der Waals surface area contributed by atoms with Crippen molar-refractivity contribution in [2.75, 3.05) is 39.3 Å². The van der Waals surface area contributed by atoms with Crippen LogP contribution in [0.1, 0.15) is 12.3 Å². The molecule has 3 rings (SSSR count). The van der Waals surface area contributed by atoms with Crippen molar-refractivity contribution in [3.63, 3.8) is 0 Å². The van der Waals surface area contributed by atoms with Crippen LogP contribution in [-0.4, -0.2) is 60.2 Å². The molecule has 1 fully saturated rings. The van der Waals surface area contributed by atoms with E-state index in [4.69, 9.17) is 8.94 Å². The van der Waals surface area contributed by atoms with E-state index in [0.717, 1.165) is 38.3 Å². The molecule has 1 amide bonds. The average Bonchev–Trinajstić information content (AvgIpc) is 3.25. The minimum atomic E-state index is 0.00296. The highest BCUT2D eigenvalue weighted by Crippen LogP contribution is 2.16. The first kappa shape index (κ1) is 15.7. The zero-order valence-electron chi connectivity index (χ0n) is 13.0. The van der Waals surface area contributed by atoms with Gasteiger partial charge in [0.25, 0.3) is 0 Å². The standard InChI is InChI=1S/C15H21N5O3/c21-13(17-6-9-20-7-4-16-5-8-20)1-2-14-18-15(19-23-14)12-3-10-22-11-12/h3,10-11,16H,1-2,4-9H2,(H,17,21). The first-order valence-corrected chi connectivity index (χ1v) is 7.86. The molecular weight excluding hydrogens is 298 g/mol. The van der Waals surface area contributed by atoms with E-state index in [1.807, 2.05) is 0 Å². The normalized spacial score (nSPS) is 15.7. The minimum absolute atomic E-state index is 0.00296. The molecule has 1 aliphatic heterocycles. The molecular formula is C15H21N5O3. The Morgan fingerprint density at radius 1 is 1.39 bits per heavy atom. The Morgan fingerprint density at radius 2 is 2.26 bits per heavy atom. The van der Waals surface area contributed by atoms with Crippen molar-refractivity contribution < 1.29 is 13.7 Å². The lowest BCUT2D eigenvalue weighted by molar-refractivity contribution is -0.121. The van der Waals surface area contributed by atoms with E-state index in [-0.39, 0.29) is 5.91 Å². The number of hydrogen-bond donors (Lipinski definition) is 2. The number of carbonyl (C=O) groups is 1. The molecule has 0 aliphatic carbocycles. The highest BCUT2D eigenvalue weighted by atomic mass is 16.5. The maximum absolute atomic E-state index is 11.8. The first-order valence-electron chi connectivity index (χ1n) is 7.86. The van der Waals surface area contributed by atoms with Crippen molar-refractivity contribution >= 4 is 5.91 Å². The molecule has 23 heavy (non-hydrogen) atoms. The number of piperazine rings is 1. The van der Waals surface area contributed by atoms with E-state index < -0.39 is 0 Å². The molecule has 0 atom stereocenters. The number of hydrogen-bond acceptors (Lipinski definition) is 7. The van der Waals surface area contributed by atoms with Gasteiger partial charge in [0.05, 0.1) is 11.8 Å². The maximum Gasteiger partial charge on any atom is 0.227 e. The van der Waals surface area contributed by atoms with Gasteiger partial charge in [-0.05, 0) is 6.07 Å². The monoisotopic (exact) mass is 319 g/mol. The minimum Gasteiger partial charge on any atom is -0.472 e. The van der Waals surface area contributed by atoms with E-state index in [1.165, 1.54) is 0 Å². The summed E-state index contributed by atoms with van der Waals surface area (Å²) in [5.74, 6) is 0.939. The van der Waals surface area contributed by atoms with Crippen molar-refractivity contribution in [2.45, 2.75) is 12.8 Å². The topological polar surface area (TPSA) is 96.4 Å². The zero-order valence-corrected chi connectivity index (χ0v) is 13.0. The fraction of sp³-hybridized carbons (Fsp3) is 0.533. The molecule has 0 unspecified atom stereocenters. The van der Waals surface area contributed by atoms with Crippen LogP contribution in [0.3, 0.4) is 0 Å². The number of nitrogens with zero attached hydrogens (tertiary/aromatic N) is 3. The summed E-state index contributed by atoms with van der Waals surface area (Å²) in [4.78, 5) is 18.4. The van der Waals surface area contributed by atoms with Crippen LogP contribution < -0.4 is 10.6 Å². The molecule has 0 spiro atoms. The molecule has 124 valence electrons. The Hall–Kier alpha value is -2.19. The van der Waals surface area contributed by atoms with Gasteiger partial charge in [0.2, 0.25) is 17.6 Å². The third kappa shape index (κ3) is 4.64. The van der Waals surface area contributed by atoms with Gasteiger partial charge < -0.3 is 19.6 Å². The van der Waals surface area contributed by atoms with Gasteiger partial charge in [0, 0.05) is 52.1 Å². The Balaban J connectivity index is 1.35. The lowest BCUT2D eigenvalue weighted by Gasteiger charge is -2.27. The second kappa shape index (κ2) is 7.89. The van der Waals surface area contributed by atoms with E-state index >= 15 is 0 Å². The van der Waals surface area contributed by atoms with Gasteiger partial charge in [0.1, 0.15) is 6.26 Å². The summed E-state index contributed by atoms with van der Waals surface area (Å²) in [6.45, 7) is 5.67. The van der Waals surface area contributed by atoms with E-state index in [2.05, 4.69) is 25.7 Å². The van der Waals surface area contributed by atoms with Crippen LogP contribution in [0, 0.1) is 0 Å².